The van der Waals surface area contributed by atoms with E-state index < -0.39 is 5.97 Å². The van der Waals surface area contributed by atoms with E-state index in [2.05, 4.69) is 28.6 Å². The number of carbonyl (C=O) groups is 1. The second-order valence-electron chi connectivity index (χ2n) is 3.33. The molecule has 0 aliphatic rings. The van der Waals surface area contributed by atoms with Gasteiger partial charge in [-0.2, -0.15) is 0 Å². The fourth-order valence-corrected chi connectivity index (χ4v) is 1.43. The number of hydrogen-bond donors (Lipinski definition) is 0. The quantitative estimate of drug-likeness (QED) is 0.711. The summed E-state index contributed by atoms with van der Waals surface area (Å²) in [5.41, 5.74) is 0.396. The Morgan fingerprint density at radius 2 is 1.87 bits per heavy atom. The normalized spacial score (nSPS) is 10.4. The van der Waals surface area contributed by atoms with Gasteiger partial charge in [-0.3, -0.25) is 0 Å². The molecule has 0 bridgehead atoms. The van der Waals surface area contributed by atoms with E-state index in [1.54, 1.807) is 0 Å². The van der Waals surface area contributed by atoms with Gasteiger partial charge in [0.2, 0.25) is 0 Å². The third kappa shape index (κ3) is 2.75. The van der Waals surface area contributed by atoms with Crippen molar-refractivity contribution >= 4 is 5.97 Å². The van der Waals surface area contributed by atoms with Crippen LogP contribution in [0.15, 0.2) is 12.4 Å². The molecule has 0 atom stereocenters. The van der Waals surface area contributed by atoms with Crippen LogP contribution in [0.2, 0.25) is 0 Å². The molecule has 0 spiro atoms. The highest BCUT2D eigenvalue weighted by atomic mass is 16.5. The summed E-state index contributed by atoms with van der Waals surface area (Å²) < 4.78 is 4.57. The predicted molar refractivity (Wildman–Crippen MR) is 56.7 cm³/mol. The largest absolute Gasteiger partial charge is 0.465 e. The Hall–Kier alpha value is -1.45. The summed E-state index contributed by atoms with van der Waals surface area (Å²) in [6, 6.07) is 0. The molecule has 0 amide bonds. The summed E-state index contributed by atoms with van der Waals surface area (Å²) in [5, 5.41) is 0. The van der Waals surface area contributed by atoms with Crippen molar-refractivity contribution in [2.45, 2.75) is 32.6 Å². The molecule has 0 aliphatic carbocycles. The van der Waals surface area contributed by atoms with Gasteiger partial charge in [0.15, 0.2) is 0 Å². The van der Waals surface area contributed by atoms with Gasteiger partial charge < -0.3 is 4.74 Å². The van der Waals surface area contributed by atoms with E-state index in [0.29, 0.717) is 11.5 Å². The first-order valence-corrected chi connectivity index (χ1v) is 5.13. The maximum Gasteiger partial charge on any atom is 0.341 e. The number of aromatic nitrogens is 2. The molecule has 4 nitrogen and oxygen atoms in total. The zero-order valence-electron chi connectivity index (χ0n) is 9.36. The molecule has 1 aromatic heterocycles. The standard InChI is InChI=1S/C11H16N2O2/c1-4-8(5-2)10-12-6-9(7-13-10)11(14)15-3/h6-8H,4-5H2,1-3H3. The third-order valence-electron chi connectivity index (χ3n) is 2.44. The van der Waals surface area contributed by atoms with E-state index in [9.17, 15) is 4.79 Å². The Morgan fingerprint density at radius 3 is 2.27 bits per heavy atom. The van der Waals surface area contributed by atoms with Gasteiger partial charge in [0.05, 0.1) is 12.7 Å². The van der Waals surface area contributed by atoms with Crippen molar-refractivity contribution in [1.82, 2.24) is 9.97 Å². The van der Waals surface area contributed by atoms with Gasteiger partial charge in [0.25, 0.3) is 0 Å². The minimum Gasteiger partial charge on any atom is -0.465 e. The maximum atomic E-state index is 11.1. The van der Waals surface area contributed by atoms with Crippen molar-refractivity contribution in [2.75, 3.05) is 7.11 Å². The maximum absolute atomic E-state index is 11.1. The average molecular weight is 208 g/mol. The number of rotatable bonds is 4. The first-order valence-electron chi connectivity index (χ1n) is 5.13. The molecular weight excluding hydrogens is 192 g/mol. The Balaban J connectivity index is 2.84. The molecule has 0 unspecified atom stereocenters. The summed E-state index contributed by atoms with van der Waals surface area (Å²) in [6.07, 6.45) is 5.06. The minimum atomic E-state index is -0.397. The van der Waals surface area contributed by atoms with Crippen LogP contribution in [0.4, 0.5) is 0 Å². The smallest absolute Gasteiger partial charge is 0.341 e. The first kappa shape index (κ1) is 11.6. The zero-order chi connectivity index (χ0) is 11.3. The Morgan fingerprint density at radius 1 is 1.33 bits per heavy atom. The molecule has 1 aromatic rings. The van der Waals surface area contributed by atoms with Gasteiger partial charge in [0.1, 0.15) is 5.82 Å². The monoisotopic (exact) mass is 208 g/mol. The average Bonchev–Trinajstić information content (AvgIpc) is 2.30. The highest BCUT2D eigenvalue weighted by Crippen LogP contribution is 2.18. The molecule has 0 radical (unpaired) electrons. The highest BCUT2D eigenvalue weighted by molar-refractivity contribution is 5.88. The van der Waals surface area contributed by atoms with Crippen molar-refractivity contribution < 1.29 is 9.53 Å². The lowest BCUT2D eigenvalue weighted by molar-refractivity contribution is 0.0599. The van der Waals surface area contributed by atoms with Crippen LogP contribution < -0.4 is 0 Å². The van der Waals surface area contributed by atoms with Crippen molar-refractivity contribution in [3.63, 3.8) is 0 Å². The molecule has 0 fully saturated rings. The zero-order valence-corrected chi connectivity index (χ0v) is 9.36. The number of hydrogen-bond acceptors (Lipinski definition) is 4. The number of esters is 1. The summed E-state index contributed by atoms with van der Waals surface area (Å²) in [5.74, 6) is 0.774. The van der Waals surface area contributed by atoms with Gasteiger partial charge in [0, 0.05) is 18.3 Å². The van der Waals surface area contributed by atoms with E-state index in [-0.39, 0.29) is 0 Å². The van der Waals surface area contributed by atoms with Crippen molar-refractivity contribution in [2.24, 2.45) is 0 Å². The van der Waals surface area contributed by atoms with Gasteiger partial charge in [-0.25, -0.2) is 14.8 Å². The molecule has 0 N–H and O–H groups in total. The fraction of sp³-hybridized carbons (Fsp3) is 0.545. The fourth-order valence-electron chi connectivity index (χ4n) is 1.43. The molecule has 82 valence electrons. The Bertz CT molecular complexity index is 318. The molecule has 4 heteroatoms. The molecular formula is C11H16N2O2. The Kier molecular flexibility index (Phi) is 4.21. The van der Waals surface area contributed by atoms with Crippen LogP contribution in [-0.2, 0) is 4.74 Å². The lowest BCUT2D eigenvalue weighted by atomic mass is 10.0. The van der Waals surface area contributed by atoms with Gasteiger partial charge >= 0.3 is 5.97 Å². The van der Waals surface area contributed by atoms with E-state index in [1.165, 1.54) is 19.5 Å². The molecule has 1 rings (SSSR count). The lowest BCUT2D eigenvalue weighted by Gasteiger charge is -2.09. The molecule has 0 aliphatic heterocycles. The number of carbonyl (C=O) groups excluding carboxylic acids is 1. The van der Waals surface area contributed by atoms with Crippen LogP contribution in [0.3, 0.4) is 0 Å². The van der Waals surface area contributed by atoms with E-state index >= 15 is 0 Å². The Labute approximate surface area is 89.7 Å². The lowest BCUT2D eigenvalue weighted by Crippen LogP contribution is -2.07. The number of ether oxygens (including phenoxy) is 1. The van der Waals surface area contributed by atoms with Crippen LogP contribution in [-0.4, -0.2) is 23.0 Å². The summed E-state index contributed by atoms with van der Waals surface area (Å²) in [4.78, 5) is 19.5. The first-order chi connectivity index (χ1) is 7.22. The molecule has 0 saturated carbocycles. The molecule has 15 heavy (non-hydrogen) atoms. The van der Waals surface area contributed by atoms with E-state index in [1.807, 2.05) is 0 Å². The molecule has 0 aromatic carbocycles. The van der Waals surface area contributed by atoms with Crippen LogP contribution in [0, 0.1) is 0 Å². The topological polar surface area (TPSA) is 52.1 Å². The molecule has 0 saturated heterocycles. The number of nitrogens with zero attached hydrogens (tertiary/aromatic N) is 2. The summed E-state index contributed by atoms with van der Waals surface area (Å²) in [7, 11) is 1.34. The van der Waals surface area contributed by atoms with Gasteiger partial charge in [-0.15, -0.1) is 0 Å². The summed E-state index contributed by atoms with van der Waals surface area (Å²) >= 11 is 0. The van der Waals surface area contributed by atoms with E-state index in [0.717, 1.165) is 18.7 Å². The van der Waals surface area contributed by atoms with Crippen molar-refractivity contribution in [3.8, 4) is 0 Å². The van der Waals surface area contributed by atoms with Crippen LogP contribution in [0.5, 0.6) is 0 Å². The highest BCUT2D eigenvalue weighted by Gasteiger charge is 2.11. The predicted octanol–water partition coefficient (Wildman–Crippen LogP) is 2.17. The second kappa shape index (κ2) is 5.44. The second-order valence-corrected chi connectivity index (χ2v) is 3.33. The van der Waals surface area contributed by atoms with Crippen molar-refractivity contribution in [3.05, 3.63) is 23.8 Å². The third-order valence-corrected chi connectivity index (χ3v) is 2.44. The van der Waals surface area contributed by atoms with Gasteiger partial charge in [-0.1, -0.05) is 13.8 Å². The van der Waals surface area contributed by atoms with Crippen LogP contribution in [0.25, 0.3) is 0 Å². The SMILES string of the molecule is CCC(CC)c1ncc(C(=O)OC)cn1. The van der Waals surface area contributed by atoms with Crippen LogP contribution >= 0.6 is 0 Å². The molecule has 1 heterocycles. The van der Waals surface area contributed by atoms with Gasteiger partial charge in [-0.05, 0) is 12.8 Å². The number of methoxy groups -OCH3 is 1. The minimum absolute atomic E-state index is 0.372. The summed E-state index contributed by atoms with van der Waals surface area (Å²) in [6.45, 7) is 4.21. The van der Waals surface area contributed by atoms with Crippen molar-refractivity contribution in [1.29, 1.82) is 0 Å². The van der Waals surface area contributed by atoms with Crippen LogP contribution in [0.1, 0.15) is 48.8 Å². The van der Waals surface area contributed by atoms with E-state index in [4.69, 9.17) is 0 Å².